The molecule has 1 aliphatic rings. The minimum Gasteiger partial charge on any atom is -0.366 e. The van der Waals surface area contributed by atoms with E-state index in [1.165, 1.54) is 24.3 Å². The van der Waals surface area contributed by atoms with Crippen molar-refractivity contribution < 1.29 is 13.2 Å². The van der Waals surface area contributed by atoms with E-state index >= 15 is 0 Å². The summed E-state index contributed by atoms with van der Waals surface area (Å²) in [5.41, 5.74) is 5.38. The monoisotopic (exact) mass is 269 g/mol. The standard InChI is InChI=1S/C11H15N3O3S/c12-11(15)8-1-3-10(4-2-8)18(16,17)14-9-5-6-13-7-9/h1-4,9,13-14H,5-7H2,(H2,12,15). The third kappa shape index (κ3) is 2.87. The van der Waals surface area contributed by atoms with Gasteiger partial charge in [0, 0.05) is 18.2 Å². The Morgan fingerprint density at radius 3 is 2.50 bits per heavy atom. The lowest BCUT2D eigenvalue weighted by Gasteiger charge is -2.12. The summed E-state index contributed by atoms with van der Waals surface area (Å²) in [6, 6.07) is 5.49. The first-order valence-corrected chi connectivity index (χ1v) is 7.10. The lowest BCUT2D eigenvalue weighted by Crippen LogP contribution is -2.36. The fourth-order valence-corrected chi connectivity index (χ4v) is 3.11. The summed E-state index contributed by atoms with van der Waals surface area (Å²) >= 11 is 0. The number of sulfonamides is 1. The SMILES string of the molecule is NC(=O)c1ccc(S(=O)(=O)NC2CCNC2)cc1. The third-order valence-electron chi connectivity index (χ3n) is 2.83. The van der Waals surface area contributed by atoms with Crippen molar-refractivity contribution >= 4 is 15.9 Å². The van der Waals surface area contributed by atoms with Gasteiger partial charge in [-0.05, 0) is 37.2 Å². The van der Waals surface area contributed by atoms with Gasteiger partial charge in [0.05, 0.1) is 4.90 Å². The van der Waals surface area contributed by atoms with Crippen LogP contribution in [-0.4, -0.2) is 33.5 Å². The second-order valence-electron chi connectivity index (χ2n) is 4.20. The average molecular weight is 269 g/mol. The van der Waals surface area contributed by atoms with Crippen molar-refractivity contribution in [3.8, 4) is 0 Å². The lowest BCUT2D eigenvalue weighted by atomic mass is 10.2. The maximum atomic E-state index is 12.0. The number of nitrogens with two attached hydrogens (primary N) is 1. The van der Waals surface area contributed by atoms with Gasteiger partial charge in [-0.25, -0.2) is 13.1 Å². The van der Waals surface area contributed by atoms with Gasteiger partial charge in [-0.15, -0.1) is 0 Å². The van der Waals surface area contributed by atoms with Crippen molar-refractivity contribution in [2.75, 3.05) is 13.1 Å². The van der Waals surface area contributed by atoms with E-state index in [0.717, 1.165) is 13.0 Å². The number of primary amides is 1. The average Bonchev–Trinajstić information content (AvgIpc) is 2.81. The van der Waals surface area contributed by atoms with Gasteiger partial charge in [-0.2, -0.15) is 0 Å². The number of hydrogen-bond acceptors (Lipinski definition) is 4. The number of carbonyl (C=O) groups is 1. The van der Waals surface area contributed by atoms with Crippen molar-refractivity contribution in [3.63, 3.8) is 0 Å². The molecule has 6 nitrogen and oxygen atoms in total. The zero-order valence-electron chi connectivity index (χ0n) is 9.72. The molecule has 0 aliphatic carbocycles. The molecule has 1 aliphatic heterocycles. The van der Waals surface area contributed by atoms with Crippen LogP contribution < -0.4 is 15.8 Å². The molecule has 1 atom stereocenters. The molecule has 18 heavy (non-hydrogen) atoms. The fraction of sp³-hybridized carbons (Fsp3) is 0.364. The number of carbonyl (C=O) groups excluding carboxylic acids is 1. The van der Waals surface area contributed by atoms with Crippen molar-refractivity contribution in [2.24, 2.45) is 5.73 Å². The van der Waals surface area contributed by atoms with E-state index < -0.39 is 15.9 Å². The minimum atomic E-state index is -3.53. The van der Waals surface area contributed by atoms with E-state index in [9.17, 15) is 13.2 Å². The molecule has 1 amide bonds. The molecule has 0 aromatic heterocycles. The molecule has 1 unspecified atom stereocenters. The molecule has 0 radical (unpaired) electrons. The molecule has 1 aromatic carbocycles. The quantitative estimate of drug-likeness (QED) is 0.681. The molecular weight excluding hydrogens is 254 g/mol. The van der Waals surface area contributed by atoms with Crippen molar-refractivity contribution in [2.45, 2.75) is 17.4 Å². The van der Waals surface area contributed by atoms with Gasteiger partial charge >= 0.3 is 0 Å². The highest BCUT2D eigenvalue weighted by Crippen LogP contribution is 2.12. The van der Waals surface area contributed by atoms with Crippen molar-refractivity contribution in [3.05, 3.63) is 29.8 Å². The Kier molecular flexibility index (Phi) is 3.65. The van der Waals surface area contributed by atoms with Crippen LogP contribution in [-0.2, 0) is 10.0 Å². The van der Waals surface area contributed by atoms with E-state index in [1.54, 1.807) is 0 Å². The highest BCUT2D eigenvalue weighted by Gasteiger charge is 2.22. The number of amides is 1. The minimum absolute atomic E-state index is 0.0779. The second-order valence-corrected chi connectivity index (χ2v) is 5.91. The molecule has 0 bridgehead atoms. The van der Waals surface area contributed by atoms with Crippen LogP contribution in [0, 0.1) is 0 Å². The Bertz CT molecular complexity index is 533. The zero-order valence-corrected chi connectivity index (χ0v) is 10.5. The summed E-state index contributed by atoms with van der Waals surface area (Å²) in [6.45, 7) is 1.45. The predicted molar refractivity (Wildman–Crippen MR) is 66.6 cm³/mol. The third-order valence-corrected chi connectivity index (χ3v) is 4.37. The van der Waals surface area contributed by atoms with Crippen LogP contribution in [0.2, 0.25) is 0 Å². The molecule has 1 saturated heterocycles. The van der Waals surface area contributed by atoms with Crippen LogP contribution >= 0.6 is 0 Å². The van der Waals surface area contributed by atoms with Crippen LogP contribution in [0.15, 0.2) is 29.2 Å². The number of hydrogen-bond donors (Lipinski definition) is 3. The van der Waals surface area contributed by atoms with E-state index in [0.29, 0.717) is 6.54 Å². The van der Waals surface area contributed by atoms with Crippen LogP contribution in [0.4, 0.5) is 0 Å². The van der Waals surface area contributed by atoms with Gasteiger partial charge in [0.25, 0.3) is 0 Å². The van der Waals surface area contributed by atoms with Gasteiger partial charge in [0.1, 0.15) is 0 Å². The molecule has 98 valence electrons. The molecule has 7 heteroatoms. The van der Waals surface area contributed by atoms with E-state index in [2.05, 4.69) is 10.0 Å². The fourth-order valence-electron chi connectivity index (χ4n) is 1.84. The molecule has 2 rings (SSSR count). The molecule has 0 spiro atoms. The summed E-state index contributed by atoms with van der Waals surface area (Å²) in [7, 11) is -3.53. The predicted octanol–water partition coefficient (Wildman–Crippen LogP) is -0.574. The summed E-state index contributed by atoms with van der Waals surface area (Å²) in [4.78, 5) is 11.0. The van der Waals surface area contributed by atoms with E-state index in [4.69, 9.17) is 5.73 Å². The van der Waals surface area contributed by atoms with E-state index in [-0.39, 0.29) is 16.5 Å². The smallest absolute Gasteiger partial charge is 0.248 e. The normalized spacial score (nSPS) is 19.9. The Labute approximate surface area is 106 Å². The van der Waals surface area contributed by atoms with Crippen LogP contribution in [0.1, 0.15) is 16.8 Å². The van der Waals surface area contributed by atoms with Crippen LogP contribution in [0.25, 0.3) is 0 Å². The van der Waals surface area contributed by atoms with Crippen LogP contribution in [0.3, 0.4) is 0 Å². The summed E-state index contributed by atoms with van der Waals surface area (Å²) < 4.78 is 26.6. The highest BCUT2D eigenvalue weighted by molar-refractivity contribution is 7.89. The largest absolute Gasteiger partial charge is 0.366 e. The van der Waals surface area contributed by atoms with Gasteiger partial charge in [0.2, 0.25) is 15.9 Å². The lowest BCUT2D eigenvalue weighted by molar-refractivity contribution is 0.1000. The van der Waals surface area contributed by atoms with Gasteiger partial charge in [-0.1, -0.05) is 0 Å². The summed E-state index contributed by atoms with van der Waals surface area (Å²) in [5, 5.41) is 3.08. The molecular formula is C11H15N3O3S. The first kappa shape index (κ1) is 13.0. The van der Waals surface area contributed by atoms with Gasteiger partial charge in [0.15, 0.2) is 0 Å². The molecule has 1 fully saturated rings. The Morgan fingerprint density at radius 1 is 1.33 bits per heavy atom. The summed E-state index contributed by atoms with van der Waals surface area (Å²) in [6.07, 6.45) is 0.776. The first-order chi connectivity index (χ1) is 8.49. The number of nitrogens with one attached hydrogen (secondary N) is 2. The van der Waals surface area contributed by atoms with Crippen LogP contribution in [0.5, 0.6) is 0 Å². The van der Waals surface area contributed by atoms with Gasteiger partial charge in [-0.3, -0.25) is 4.79 Å². The molecule has 1 aromatic rings. The zero-order chi connectivity index (χ0) is 13.2. The summed E-state index contributed by atoms with van der Waals surface area (Å²) in [5.74, 6) is -0.577. The topological polar surface area (TPSA) is 101 Å². The highest BCUT2D eigenvalue weighted by atomic mass is 32.2. The number of benzene rings is 1. The molecule has 4 N–H and O–H groups in total. The Hall–Kier alpha value is -1.44. The molecule has 1 heterocycles. The van der Waals surface area contributed by atoms with Crippen molar-refractivity contribution in [1.29, 1.82) is 0 Å². The Balaban J connectivity index is 2.16. The van der Waals surface area contributed by atoms with Gasteiger partial charge < -0.3 is 11.1 Å². The second kappa shape index (κ2) is 5.05. The van der Waals surface area contributed by atoms with E-state index in [1.807, 2.05) is 0 Å². The first-order valence-electron chi connectivity index (χ1n) is 5.62. The maximum absolute atomic E-state index is 12.0. The number of rotatable bonds is 4. The van der Waals surface area contributed by atoms with Crippen molar-refractivity contribution in [1.82, 2.24) is 10.0 Å². The molecule has 0 saturated carbocycles. The maximum Gasteiger partial charge on any atom is 0.248 e. The Morgan fingerprint density at radius 2 is 2.00 bits per heavy atom.